The van der Waals surface area contributed by atoms with Crippen molar-refractivity contribution in [3.8, 4) is 17.3 Å². The third-order valence-corrected chi connectivity index (χ3v) is 5.58. The van der Waals surface area contributed by atoms with E-state index in [9.17, 15) is 5.11 Å². The van der Waals surface area contributed by atoms with Gasteiger partial charge in [0.05, 0.1) is 7.11 Å². The minimum absolute atomic E-state index is 0.237. The van der Waals surface area contributed by atoms with Crippen molar-refractivity contribution in [1.82, 2.24) is 24.5 Å². The number of phenolic OH excluding ortho intramolecular Hbond substituents is 1. The number of piperazine rings is 1. The minimum atomic E-state index is 0.237. The fraction of sp³-hybridized carbons (Fsp3) is 0.227. The number of aromatic nitrogens is 5. The number of aromatic hydroxyl groups is 1. The number of benzene rings is 1. The predicted molar refractivity (Wildman–Crippen MR) is 124 cm³/mol. The molecule has 4 heterocycles. The number of nitrogens with zero attached hydrogens (tertiary/aromatic N) is 8. The summed E-state index contributed by atoms with van der Waals surface area (Å²) in [5, 5.41) is 9.52. The first-order valence-corrected chi connectivity index (χ1v) is 10.3. The van der Waals surface area contributed by atoms with Crippen LogP contribution >= 0.6 is 0 Å². The maximum atomic E-state index is 9.52. The zero-order chi connectivity index (χ0) is 22.9. The Labute approximate surface area is 189 Å². The van der Waals surface area contributed by atoms with E-state index >= 15 is 0 Å². The maximum Gasteiger partial charge on any atom is 0.333 e. The van der Waals surface area contributed by atoms with E-state index in [1.165, 1.54) is 7.11 Å². The van der Waals surface area contributed by atoms with Crippen LogP contribution in [0.2, 0.25) is 0 Å². The van der Waals surface area contributed by atoms with E-state index in [0.29, 0.717) is 47.6 Å². The van der Waals surface area contributed by atoms with Gasteiger partial charge in [0.25, 0.3) is 5.82 Å². The quantitative estimate of drug-likeness (QED) is 0.458. The normalized spacial score (nSPS) is 13.8. The zero-order valence-corrected chi connectivity index (χ0v) is 17.9. The van der Waals surface area contributed by atoms with Crippen LogP contribution in [0.1, 0.15) is 0 Å². The Hall–Kier alpha value is -4.59. The molecule has 5 rings (SSSR count). The minimum Gasteiger partial charge on any atom is -0.508 e. The van der Waals surface area contributed by atoms with Crippen LogP contribution in [0.3, 0.4) is 0 Å². The first kappa shape index (κ1) is 20.3. The van der Waals surface area contributed by atoms with Gasteiger partial charge in [-0.3, -0.25) is 4.57 Å². The molecule has 1 aliphatic heterocycles. The van der Waals surface area contributed by atoms with Gasteiger partial charge in [-0.2, -0.15) is 9.97 Å². The summed E-state index contributed by atoms with van der Waals surface area (Å²) in [7, 11) is 1.50. The Balaban J connectivity index is 1.45. The molecule has 0 atom stereocenters. The van der Waals surface area contributed by atoms with Gasteiger partial charge in [0.2, 0.25) is 5.95 Å². The molecule has 1 aliphatic rings. The Morgan fingerprint density at radius 2 is 1.73 bits per heavy atom. The number of fused-ring (bicyclic) bond motifs is 1. The van der Waals surface area contributed by atoms with Crippen molar-refractivity contribution in [2.75, 3.05) is 48.8 Å². The molecule has 1 fully saturated rings. The predicted octanol–water partition coefficient (Wildman–Crippen LogP) is 2.38. The summed E-state index contributed by atoms with van der Waals surface area (Å²) in [4.78, 5) is 25.5. The van der Waals surface area contributed by atoms with Crippen molar-refractivity contribution < 1.29 is 9.84 Å². The Morgan fingerprint density at radius 1 is 1.00 bits per heavy atom. The lowest BCUT2D eigenvalue weighted by atomic mass is 10.2. The highest BCUT2D eigenvalue weighted by Gasteiger charge is 2.23. The van der Waals surface area contributed by atoms with Gasteiger partial charge in [-0.1, -0.05) is 11.6 Å². The number of methoxy groups -OCH3 is 1. The van der Waals surface area contributed by atoms with Gasteiger partial charge in [-0.25, -0.2) is 4.98 Å². The van der Waals surface area contributed by atoms with E-state index in [1.807, 2.05) is 12.1 Å². The van der Waals surface area contributed by atoms with Crippen LogP contribution in [-0.2, 0) is 0 Å². The van der Waals surface area contributed by atoms with Crippen molar-refractivity contribution in [2.45, 2.75) is 0 Å². The van der Waals surface area contributed by atoms with E-state index in [-0.39, 0.29) is 11.6 Å². The summed E-state index contributed by atoms with van der Waals surface area (Å²) in [5.74, 6) is 1.60. The lowest BCUT2D eigenvalue weighted by molar-refractivity contribution is 0.397. The van der Waals surface area contributed by atoms with E-state index in [1.54, 1.807) is 35.2 Å². The molecule has 0 saturated carbocycles. The maximum absolute atomic E-state index is 9.52. The fourth-order valence-corrected chi connectivity index (χ4v) is 3.87. The molecule has 0 bridgehead atoms. The summed E-state index contributed by atoms with van der Waals surface area (Å²) in [6, 6.07) is 10.6. The molecule has 1 saturated heterocycles. The van der Waals surface area contributed by atoms with Crippen LogP contribution in [-0.4, -0.2) is 62.9 Å². The van der Waals surface area contributed by atoms with Crippen LogP contribution in [0.15, 0.2) is 42.7 Å². The van der Waals surface area contributed by atoms with Crippen LogP contribution in [0.4, 0.5) is 23.3 Å². The molecular weight excluding hydrogens is 422 g/mol. The van der Waals surface area contributed by atoms with Gasteiger partial charge in [-0.05, 0) is 36.4 Å². The molecule has 3 aromatic heterocycles. The number of anilines is 3. The lowest BCUT2D eigenvalue weighted by Crippen LogP contribution is -2.47. The molecule has 0 unspecified atom stereocenters. The van der Waals surface area contributed by atoms with E-state index in [2.05, 4.69) is 29.6 Å². The van der Waals surface area contributed by atoms with Crippen LogP contribution in [0.25, 0.3) is 21.7 Å². The van der Waals surface area contributed by atoms with Crippen molar-refractivity contribution in [3.05, 3.63) is 54.1 Å². The average Bonchev–Trinajstić information content (AvgIpc) is 3.28. The molecule has 0 spiro atoms. The molecule has 0 radical (unpaired) electrons. The topological polar surface area (TPSA) is 123 Å². The van der Waals surface area contributed by atoms with Gasteiger partial charge in [0.15, 0.2) is 17.0 Å². The SMILES string of the molecule is [C-]#[N+]c1ccc(-n2cnc3c(N)nc(N4CCN(c5ccc(O)cc5)CC4)nc32)c(OC)n1. The summed E-state index contributed by atoms with van der Waals surface area (Å²) >= 11 is 0. The Morgan fingerprint density at radius 3 is 2.42 bits per heavy atom. The highest BCUT2D eigenvalue weighted by molar-refractivity contribution is 5.84. The van der Waals surface area contributed by atoms with Crippen molar-refractivity contribution in [3.63, 3.8) is 0 Å². The number of hydrogen-bond acceptors (Lipinski definition) is 9. The number of phenols is 1. The van der Waals surface area contributed by atoms with Crippen molar-refractivity contribution in [2.24, 2.45) is 0 Å². The number of rotatable bonds is 4. The molecule has 33 heavy (non-hydrogen) atoms. The van der Waals surface area contributed by atoms with Crippen LogP contribution in [0, 0.1) is 6.57 Å². The summed E-state index contributed by atoms with van der Waals surface area (Å²) in [5.41, 5.74) is 8.91. The number of imidazole rings is 1. The smallest absolute Gasteiger partial charge is 0.333 e. The summed E-state index contributed by atoms with van der Waals surface area (Å²) in [6.45, 7) is 10.2. The van der Waals surface area contributed by atoms with Gasteiger partial charge >= 0.3 is 5.88 Å². The largest absolute Gasteiger partial charge is 0.508 e. The zero-order valence-electron chi connectivity index (χ0n) is 17.9. The van der Waals surface area contributed by atoms with E-state index < -0.39 is 0 Å². The molecule has 166 valence electrons. The number of hydrogen-bond donors (Lipinski definition) is 2. The van der Waals surface area contributed by atoms with Crippen molar-refractivity contribution >= 4 is 34.4 Å². The van der Waals surface area contributed by atoms with Gasteiger partial charge in [0, 0.05) is 31.9 Å². The highest BCUT2D eigenvalue weighted by Crippen LogP contribution is 2.29. The number of nitrogen functional groups attached to an aromatic ring is 1. The molecule has 0 amide bonds. The second-order valence-electron chi connectivity index (χ2n) is 7.50. The average molecular weight is 443 g/mol. The first-order chi connectivity index (χ1) is 16.1. The molecule has 11 nitrogen and oxygen atoms in total. The molecular formula is C22H21N9O2. The van der Waals surface area contributed by atoms with Gasteiger partial charge < -0.3 is 30.2 Å². The van der Waals surface area contributed by atoms with Gasteiger partial charge in [-0.15, -0.1) is 0 Å². The second kappa shape index (κ2) is 8.16. The van der Waals surface area contributed by atoms with E-state index in [4.69, 9.17) is 22.0 Å². The standard InChI is InChI=1S/C22H21N9O2/c1-24-17-8-7-16(21(26-17)33-2)31-13-25-18-19(23)27-22(28-20(18)31)30-11-9-29(10-12-30)14-3-5-15(32)6-4-14/h3-8,13,32H,9-12H2,2H3,(H2,23,27,28). The second-order valence-corrected chi connectivity index (χ2v) is 7.50. The molecule has 4 aromatic rings. The van der Waals surface area contributed by atoms with E-state index in [0.717, 1.165) is 18.8 Å². The van der Waals surface area contributed by atoms with Crippen LogP contribution < -0.4 is 20.3 Å². The van der Waals surface area contributed by atoms with Crippen LogP contribution in [0.5, 0.6) is 11.6 Å². The molecule has 1 aromatic carbocycles. The highest BCUT2D eigenvalue weighted by atomic mass is 16.5. The molecule has 0 aliphatic carbocycles. The summed E-state index contributed by atoms with van der Waals surface area (Å²) < 4.78 is 7.13. The summed E-state index contributed by atoms with van der Waals surface area (Å²) in [6.07, 6.45) is 1.60. The van der Waals surface area contributed by atoms with Crippen molar-refractivity contribution in [1.29, 1.82) is 0 Å². The molecule has 11 heteroatoms. The number of ether oxygens (including phenoxy) is 1. The number of pyridine rings is 1. The lowest BCUT2D eigenvalue weighted by Gasteiger charge is -2.36. The third-order valence-electron chi connectivity index (χ3n) is 5.58. The first-order valence-electron chi connectivity index (χ1n) is 10.3. The monoisotopic (exact) mass is 443 g/mol. The van der Waals surface area contributed by atoms with Gasteiger partial charge in [0.1, 0.15) is 17.8 Å². The number of nitrogens with two attached hydrogens (primary N) is 1. The Kier molecular flexibility index (Phi) is 5.02. The Bertz CT molecular complexity index is 1350. The fourth-order valence-electron chi connectivity index (χ4n) is 3.87. The third kappa shape index (κ3) is 3.67. The molecule has 3 N–H and O–H groups in total.